The number of nitrogens with zero attached hydrogens (tertiary/aromatic N) is 6. The van der Waals surface area contributed by atoms with Gasteiger partial charge in [-0.15, -0.1) is 5.10 Å². The van der Waals surface area contributed by atoms with Gasteiger partial charge in [0.2, 0.25) is 6.39 Å². The van der Waals surface area contributed by atoms with Gasteiger partial charge in [0, 0.05) is 22.5 Å². The van der Waals surface area contributed by atoms with E-state index in [4.69, 9.17) is 4.52 Å². The summed E-state index contributed by atoms with van der Waals surface area (Å²) in [6.45, 7) is -0.813. The molecule has 3 saturated carbocycles. The van der Waals surface area contributed by atoms with Crippen LogP contribution in [0.1, 0.15) is 30.7 Å². The van der Waals surface area contributed by atoms with Crippen molar-refractivity contribution in [3.05, 3.63) is 53.9 Å². The van der Waals surface area contributed by atoms with Crippen LogP contribution >= 0.6 is 0 Å². The minimum Gasteiger partial charge on any atom is -0.377 e. The number of aromatic nitrogens is 6. The predicted octanol–water partition coefficient (Wildman–Crippen LogP) is 1.98. The predicted molar refractivity (Wildman–Crippen MR) is 85.3 cm³/mol. The van der Waals surface area contributed by atoms with Gasteiger partial charge in [-0.3, -0.25) is 0 Å². The molecular formula is C17H14F4N6O2. The monoisotopic (exact) mass is 410 g/mol. The fourth-order valence-electron chi connectivity index (χ4n) is 4.87. The van der Waals surface area contributed by atoms with Gasteiger partial charge >= 0.3 is 0 Å². The molecule has 0 spiro atoms. The molecule has 3 aliphatic carbocycles. The molecule has 0 saturated heterocycles. The second-order valence-corrected chi connectivity index (χ2v) is 7.91. The van der Waals surface area contributed by atoms with Gasteiger partial charge in [-0.1, -0.05) is 5.16 Å². The van der Waals surface area contributed by atoms with Gasteiger partial charge in [-0.25, -0.2) is 22.2 Å². The van der Waals surface area contributed by atoms with Crippen LogP contribution in [-0.4, -0.2) is 41.4 Å². The van der Waals surface area contributed by atoms with Crippen molar-refractivity contribution >= 4 is 0 Å². The van der Waals surface area contributed by atoms with Crippen molar-refractivity contribution in [2.75, 3.05) is 0 Å². The number of rotatable bonds is 6. The normalized spacial score (nSPS) is 27.8. The molecule has 152 valence electrons. The molecule has 29 heavy (non-hydrogen) atoms. The maximum absolute atomic E-state index is 15.9. The second kappa shape index (κ2) is 5.59. The number of aliphatic hydroxyl groups is 1. The van der Waals surface area contributed by atoms with Gasteiger partial charge in [0.25, 0.3) is 5.92 Å². The van der Waals surface area contributed by atoms with E-state index < -0.39 is 46.1 Å². The van der Waals surface area contributed by atoms with Crippen molar-refractivity contribution in [1.29, 1.82) is 0 Å². The first-order valence-corrected chi connectivity index (χ1v) is 8.75. The van der Waals surface area contributed by atoms with Crippen LogP contribution in [-0.2, 0) is 17.6 Å². The van der Waals surface area contributed by atoms with Crippen LogP contribution in [0.3, 0.4) is 0 Å². The number of alkyl halides is 2. The van der Waals surface area contributed by atoms with Crippen molar-refractivity contribution in [1.82, 2.24) is 30.3 Å². The number of halogens is 4. The zero-order valence-electron chi connectivity index (χ0n) is 14.8. The largest absolute Gasteiger partial charge is 0.377 e. The molecule has 0 unspecified atom stereocenters. The third-order valence-electron chi connectivity index (χ3n) is 6.21. The number of benzene rings is 1. The highest BCUT2D eigenvalue weighted by molar-refractivity contribution is 5.38. The first-order chi connectivity index (χ1) is 13.7. The number of tetrazole rings is 1. The van der Waals surface area contributed by atoms with Crippen molar-refractivity contribution in [2.45, 2.75) is 42.7 Å². The van der Waals surface area contributed by atoms with E-state index >= 15 is 8.78 Å². The summed E-state index contributed by atoms with van der Waals surface area (Å²) in [7, 11) is 0. The molecule has 1 atom stereocenters. The Labute approximate surface area is 160 Å². The van der Waals surface area contributed by atoms with Crippen LogP contribution in [0.25, 0.3) is 0 Å². The summed E-state index contributed by atoms with van der Waals surface area (Å²) in [5, 5.41) is 25.2. The minimum absolute atomic E-state index is 0.00721. The maximum Gasteiger partial charge on any atom is 0.287 e. The van der Waals surface area contributed by atoms with Crippen molar-refractivity contribution in [3.8, 4) is 0 Å². The Morgan fingerprint density at radius 2 is 1.97 bits per heavy atom. The smallest absolute Gasteiger partial charge is 0.287 e. The van der Waals surface area contributed by atoms with E-state index in [1.807, 2.05) is 0 Å². The van der Waals surface area contributed by atoms with Gasteiger partial charge in [0.15, 0.2) is 11.4 Å². The van der Waals surface area contributed by atoms with Crippen LogP contribution in [0.2, 0.25) is 0 Å². The summed E-state index contributed by atoms with van der Waals surface area (Å²) < 4.78 is 65.2. The van der Waals surface area contributed by atoms with Gasteiger partial charge in [0.1, 0.15) is 18.0 Å². The Morgan fingerprint density at radius 3 is 2.55 bits per heavy atom. The van der Waals surface area contributed by atoms with E-state index in [0.717, 1.165) is 29.5 Å². The van der Waals surface area contributed by atoms with E-state index in [1.54, 1.807) is 0 Å². The maximum atomic E-state index is 15.9. The topological polar surface area (TPSA) is 103 Å². The average molecular weight is 410 g/mol. The first kappa shape index (κ1) is 18.2. The lowest BCUT2D eigenvalue weighted by Crippen LogP contribution is -2.76. The fourth-order valence-corrected chi connectivity index (χ4v) is 4.87. The van der Waals surface area contributed by atoms with E-state index in [0.29, 0.717) is 11.9 Å². The second-order valence-electron chi connectivity index (χ2n) is 7.91. The Morgan fingerprint density at radius 1 is 1.21 bits per heavy atom. The molecule has 2 aromatic heterocycles. The molecule has 1 aromatic carbocycles. The third-order valence-corrected chi connectivity index (χ3v) is 6.21. The highest BCUT2D eigenvalue weighted by Crippen LogP contribution is 2.79. The average Bonchev–Trinajstić information content (AvgIpc) is 3.25. The molecule has 3 aliphatic rings. The number of hydrogen-bond donors (Lipinski definition) is 1. The van der Waals surface area contributed by atoms with Crippen molar-refractivity contribution in [3.63, 3.8) is 0 Å². The molecule has 3 aromatic rings. The number of hydrogen-bond acceptors (Lipinski definition) is 7. The molecule has 3 fully saturated rings. The molecule has 12 heteroatoms. The Kier molecular flexibility index (Phi) is 3.50. The van der Waals surface area contributed by atoms with E-state index in [-0.39, 0.29) is 19.3 Å². The standard InChI is InChI=1S/C17H14F4N6O2/c18-10-1-2-11(12(19)3-10)16(28,7-27-8-23-25-26-27)17(20,21)15-4-14(5-15,6-15)13-22-9-29-24-13/h1-3,8-9,28H,4-7H2/t14?,15?,16-/m1/s1. The third kappa shape index (κ3) is 2.26. The van der Waals surface area contributed by atoms with E-state index in [2.05, 4.69) is 25.7 Å². The van der Waals surface area contributed by atoms with Crippen LogP contribution in [0.5, 0.6) is 0 Å². The van der Waals surface area contributed by atoms with Crippen molar-refractivity contribution < 1.29 is 27.2 Å². The molecule has 0 amide bonds. The Balaban J connectivity index is 1.54. The summed E-state index contributed by atoms with van der Waals surface area (Å²) in [6.07, 6.45) is 2.18. The first-order valence-electron chi connectivity index (χ1n) is 8.75. The molecule has 1 N–H and O–H groups in total. The molecular weight excluding hydrogens is 396 g/mol. The Hall–Kier alpha value is -2.89. The Bertz CT molecular complexity index is 1040. The summed E-state index contributed by atoms with van der Waals surface area (Å²) in [4.78, 5) is 3.95. The summed E-state index contributed by atoms with van der Waals surface area (Å²) in [6, 6.07) is 2.10. The van der Waals surface area contributed by atoms with E-state index in [1.165, 1.54) is 0 Å². The van der Waals surface area contributed by atoms with Crippen LogP contribution in [0, 0.1) is 17.0 Å². The molecule has 0 aliphatic heterocycles. The van der Waals surface area contributed by atoms with Crippen LogP contribution in [0.15, 0.2) is 35.4 Å². The zero-order chi connectivity index (χ0) is 20.5. The van der Waals surface area contributed by atoms with Gasteiger partial charge in [0.05, 0.1) is 6.54 Å². The molecule has 2 bridgehead atoms. The van der Waals surface area contributed by atoms with Crippen molar-refractivity contribution in [2.24, 2.45) is 5.41 Å². The lowest BCUT2D eigenvalue weighted by molar-refractivity contribution is -0.349. The van der Waals surface area contributed by atoms with Gasteiger partial charge in [-0.2, -0.15) is 4.98 Å². The van der Waals surface area contributed by atoms with Crippen LogP contribution in [0.4, 0.5) is 17.6 Å². The van der Waals surface area contributed by atoms with Gasteiger partial charge < -0.3 is 9.63 Å². The zero-order valence-corrected chi connectivity index (χ0v) is 14.8. The summed E-state index contributed by atoms with van der Waals surface area (Å²) >= 11 is 0. The molecule has 8 nitrogen and oxygen atoms in total. The lowest BCUT2D eigenvalue weighted by atomic mass is 9.32. The van der Waals surface area contributed by atoms with E-state index in [9.17, 15) is 13.9 Å². The minimum atomic E-state index is -3.78. The highest BCUT2D eigenvalue weighted by Gasteiger charge is 2.83. The molecule has 2 heterocycles. The quantitative estimate of drug-likeness (QED) is 0.620. The SMILES string of the molecule is O[C@](Cn1cnnn1)(c1ccc(F)cc1F)C(F)(F)C12CC(c3ncon3)(C1)C2. The molecule has 0 radical (unpaired) electrons. The summed E-state index contributed by atoms with van der Waals surface area (Å²) in [5.41, 5.74) is -5.95. The lowest BCUT2D eigenvalue weighted by Gasteiger charge is -2.72. The highest BCUT2D eigenvalue weighted by atomic mass is 19.3. The van der Waals surface area contributed by atoms with Crippen LogP contribution < -0.4 is 0 Å². The fraction of sp³-hybridized carbons (Fsp3) is 0.471. The summed E-state index contributed by atoms with van der Waals surface area (Å²) in [5.74, 6) is -5.66. The van der Waals surface area contributed by atoms with Gasteiger partial charge in [-0.05, 0) is 41.8 Å². The molecule has 6 rings (SSSR count).